The van der Waals surface area contributed by atoms with E-state index in [4.69, 9.17) is 0 Å². The van der Waals surface area contributed by atoms with E-state index in [1.807, 2.05) is 0 Å². The van der Waals surface area contributed by atoms with E-state index in [1.165, 1.54) is 11.5 Å². The van der Waals surface area contributed by atoms with Gasteiger partial charge in [0.2, 0.25) is 5.13 Å². The van der Waals surface area contributed by atoms with Gasteiger partial charge in [0.05, 0.1) is 6.10 Å². The van der Waals surface area contributed by atoms with Gasteiger partial charge in [-0.3, -0.25) is 0 Å². The van der Waals surface area contributed by atoms with E-state index < -0.39 is 0 Å². The topological polar surface area (TPSA) is 58.0 Å². The molecule has 1 aromatic heterocycles. The standard InChI is InChI=1S/C11H19N3OS/c1-2-4-10-13-11(16-14-10)12-7-8-5-3-6-9(8)15/h8-9,15H,2-7H2,1H3,(H,12,13,14). The van der Waals surface area contributed by atoms with Crippen LogP contribution >= 0.6 is 11.5 Å². The maximum atomic E-state index is 9.68. The van der Waals surface area contributed by atoms with Gasteiger partial charge < -0.3 is 10.4 Å². The summed E-state index contributed by atoms with van der Waals surface area (Å²) < 4.78 is 4.28. The molecule has 1 aliphatic carbocycles. The zero-order valence-electron chi connectivity index (χ0n) is 9.65. The fourth-order valence-corrected chi connectivity index (χ4v) is 2.74. The molecule has 1 aromatic rings. The predicted molar refractivity (Wildman–Crippen MR) is 65.7 cm³/mol. The van der Waals surface area contributed by atoms with Gasteiger partial charge in [-0.15, -0.1) is 0 Å². The van der Waals surface area contributed by atoms with Gasteiger partial charge in [0.25, 0.3) is 0 Å². The monoisotopic (exact) mass is 241 g/mol. The second-order valence-electron chi connectivity index (χ2n) is 4.40. The van der Waals surface area contributed by atoms with Crippen LogP contribution in [0.15, 0.2) is 0 Å². The molecule has 1 fully saturated rings. The van der Waals surface area contributed by atoms with Gasteiger partial charge in [-0.25, -0.2) is 4.98 Å². The van der Waals surface area contributed by atoms with Crippen molar-refractivity contribution < 1.29 is 5.11 Å². The van der Waals surface area contributed by atoms with Crippen LogP contribution in [-0.2, 0) is 6.42 Å². The van der Waals surface area contributed by atoms with E-state index in [2.05, 4.69) is 21.6 Å². The lowest BCUT2D eigenvalue weighted by molar-refractivity contribution is 0.138. The lowest BCUT2D eigenvalue weighted by atomic mass is 10.1. The highest BCUT2D eigenvalue weighted by Crippen LogP contribution is 2.26. The Balaban J connectivity index is 1.80. The summed E-state index contributed by atoms with van der Waals surface area (Å²) in [4.78, 5) is 4.40. The average Bonchev–Trinajstić information content (AvgIpc) is 2.86. The maximum absolute atomic E-state index is 9.68. The summed E-state index contributed by atoms with van der Waals surface area (Å²) in [5.74, 6) is 1.32. The molecule has 2 atom stereocenters. The van der Waals surface area contributed by atoms with E-state index in [9.17, 15) is 5.11 Å². The quantitative estimate of drug-likeness (QED) is 0.828. The number of hydrogen-bond donors (Lipinski definition) is 2. The normalized spacial score (nSPS) is 24.9. The Morgan fingerprint density at radius 1 is 1.50 bits per heavy atom. The van der Waals surface area contributed by atoms with Crippen LogP contribution in [0.25, 0.3) is 0 Å². The molecule has 2 rings (SSSR count). The summed E-state index contributed by atoms with van der Waals surface area (Å²) in [6.45, 7) is 2.95. The number of nitrogens with zero attached hydrogens (tertiary/aromatic N) is 2. The van der Waals surface area contributed by atoms with E-state index in [0.717, 1.165) is 49.6 Å². The number of hydrogen-bond acceptors (Lipinski definition) is 5. The van der Waals surface area contributed by atoms with Crippen molar-refractivity contribution in [3.63, 3.8) is 0 Å². The fraction of sp³-hybridized carbons (Fsp3) is 0.818. The van der Waals surface area contributed by atoms with Crippen LogP contribution < -0.4 is 5.32 Å². The molecular formula is C11H19N3OS. The van der Waals surface area contributed by atoms with Crippen LogP contribution in [0.2, 0.25) is 0 Å². The van der Waals surface area contributed by atoms with Gasteiger partial charge in [-0.1, -0.05) is 13.3 Å². The van der Waals surface area contributed by atoms with Crippen molar-refractivity contribution in [2.45, 2.75) is 45.1 Å². The van der Waals surface area contributed by atoms with Crippen molar-refractivity contribution in [2.24, 2.45) is 5.92 Å². The van der Waals surface area contributed by atoms with Crippen molar-refractivity contribution in [1.82, 2.24) is 9.36 Å². The van der Waals surface area contributed by atoms with Crippen molar-refractivity contribution in [3.8, 4) is 0 Å². The lowest BCUT2D eigenvalue weighted by Crippen LogP contribution is -2.21. The van der Waals surface area contributed by atoms with Crippen molar-refractivity contribution in [1.29, 1.82) is 0 Å². The van der Waals surface area contributed by atoms with Crippen LogP contribution in [0.1, 0.15) is 38.4 Å². The van der Waals surface area contributed by atoms with E-state index in [1.54, 1.807) is 0 Å². The molecule has 0 bridgehead atoms. The van der Waals surface area contributed by atoms with Crippen LogP contribution in [0.3, 0.4) is 0 Å². The average molecular weight is 241 g/mol. The molecule has 0 saturated heterocycles. The zero-order valence-corrected chi connectivity index (χ0v) is 10.5. The molecule has 0 spiro atoms. The van der Waals surface area contributed by atoms with Gasteiger partial charge in [0, 0.05) is 30.4 Å². The van der Waals surface area contributed by atoms with Gasteiger partial charge in [-0.05, 0) is 19.3 Å². The van der Waals surface area contributed by atoms with Crippen molar-refractivity contribution in [3.05, 3.63) is 5.82 Å². The Hall–Kier alpha value is -0.680. The Labute approximate surface area is 100 Å². The summed E-state index contributed by atoms with van der Waals surface area (Å²) in [6.07, 6.45) is 5.11. The third-order valence-corrected chi connectivity index (χ3v) is 3.79. The first kappa shape index (κ1) is 11.8. The molecule has 1 aliphatic rings. The molecule has 0 radical (unpaired) electrons. The first-order chi connectivity index (χ1) is 7.79. The van der Waals surface area contributed by atoms with E-state index in [0.29, 0.717) is 5.92 Å². The minimum Gasteiger partial charge on any atom is -0.393 e. The first-order valence-electron chi connectivity index (χ1n) is 6.04. The first-order valence-corrected chi connectivity index (χ1v) is 6.81. The van der Waals surface area contributed by atoms with Crippen molar-refractivity contribution in [2.75, 3.05) is 11.9 Å². The number of rotatable bonds is 5. The van der Waals surface area contributed by atoms with E-state index >= 15 is 0 Å². The predicted octanol–water partition coefficient (Wildman–Crippen LogP) is 2.06. The van der Waals surface area contributed by atoms with Crippen LogP contribution in [0.5, 0.6) is 0 Å². The molecule has 1 saturated carbocycles. The summed E-state index contributed by atoms with van der Waals surface area (Å²) in [5.41, 5.74) is 0. The maximum Gasteiger partial charge on any atom is 0.202 e. The van der Waals surface area contributed by atoms with Gasteiger partial charge in [-0.2, -0.15) is 4.37 Å². The van der Waals surface area contributed by atoms with E-state index in [-0.39, 0.29) is 6.10 Å². The lowest BCUT2D eigenvalue weighted by Gasteiger charge is -2.13. The number of aliphatic hydroxyl groups is 1. The SMILES string of the molecule is CCCc1nsc(NCC2CCCC2O)n1. The highest BCUT2D eigenvalue weighted by atomic mass is 32.1. The number of aryl methyl sites for hydroxylation is 1. The zero-order chi connectivity index (χ0) is 11.4. The highest BCUT2D eigenvalue weighted by Gasteiger charge is 2.24. The number of aromatic nitrogens is 2. The highest BCUT2D eigenvalue weighted by molar-refractivity contribution is 7.09. The third kappa shape index (κ3) is 2.92. The molecule has 90 valence electrons. The molecule has 4 nitrogen and oxygen atoms in total. The van der Waals surface area contributed by atoms with Crippen molar-refractivity contribution >= 4 is 16.7 Å². The van der Waals surface area contributed by atoms with Gasteiger partial charge >= 0.3 is 0 Å². The van der Waals surface area contributed by atoms with Gasteiger partial charge in [0.15, 0.2) is 0 Å². The molecule has 0 aromatic carbocycles. The number of aliphatic hydroxyl groups excluding tert-OH is 1. The number of nitrogens with one attached hydrogen (secondary N) is 1. The summed E-state index contributed by atoms with van der Waals surface area (Å²) >= 11 is 1.42. The molecule has 1 heterocycles. The Morgan fingerprint density at radius 3 is 3.06 bits per heavy atom. The smallest absolute Gasteiger partial charge is 0.202 e. The minimum absolute atomic E-state index is 0.129. The Kier molecular flexibility index (Phi) is 4.12. The minimum atomic E-state index is -0.129. The molecule has 0 amide bonds. The molecule has 0 aliphatic heterocycles. The molecule has 5 heteroatoms. The number of anilines is 1. The summed E-state index contributed by atoms with van der Waals surface area (Å²) in [7, 11) is 0. The largest absolute Gasteiger partial charge is 0.393 e. The second kappa shape index (κ2) is 5.59. The van der Waals surface area contributed by atoms with Gasteiger partial charge in [0.1, 0.15) is 5.82 Å². The fourth-order valence-electron chi connectivity index (χ4n) is 2.12. The molecule has 16 heavy (non-hydrogen) atoms. The summed E-state index contributed by atoms with van der Waals surface area (Å²) in [6, 6.07) is 0. The molecule has 2 N–H and O–H groups in total. The Morgan fingerprint density at radius 2 is 2.38 bits per heavy atom. The van der Waals surface area contributed by atoms with Crippen LogP contribution in [-0.4, -0.2) is 27.1 Å². The Bertz CT molecular complexity index is 329. The van der Waals surface area contributed by atoms with Crippen LogP contribution in [0, 0.1) is 5.92 Å². The second-order valence-corrected chi connectivity index (χ2v) is 5.16. The molecule has 2 unspecified atom stereocenters. The molecular weight excluding hydrogens is 222 g/mol. The third-order valence-electron chi connectivity index (χ3n) is 3.08. The summed E-state index contributed by atoms with van der Waals surface area (Å²) in [5, 5.41) is 13.9. The van der Waals surface area contributed by atoms with Crippen LogP contribution in [0.4, 0.5) is 5.13 Å².